The fourth-order valence-electron chi connectivity index (χ4n) is 1.35. The van der Waals surface area contributed by atoms with Gasteiger partial charge in [-0.05, 0) is 18.2 Å². The predicted octanol–water partition coefficient (Wildman–Crippen LogP) is 1.98. The Morgan fingerprint density at radius 3 is 2.88 bits per heavy atom. The topological polar surface area (TPSA) is 44.1 Å². The van der Waals surface area contributed by atoms with Crippen LogP contribution in [0.15, 0.2) is 47.5 Å². The fraction of sp³-hybridized carbons (Fsp3) is 0.167. The van der Waals surface area contributed by atoms with Gasteiger partial charge in [-0.3, -0.25) is 4.79 Å². The van der Waals surface area contributed by atoms with Crippen molar-refractivity contribution in [1.29, 1.82) is 0 Å². The summed E-state index contributed by atoms with van der Waals surface area (Å²) in [5, 5.41) is 0.427. The Morgan fingerprint density at radius 1 is 1.29 bits per heavy atom. The summed E-state index contributed by atoms with van der Waals surface area (Å²) in [6.45, 7) is 0.912. The first-order valence-electron chi connectivity index (χ1n) is 5.15. The van der Waals surface area contributed by atoms with Crippen molar-refractivity contribution in [1.82, 2.24) is 9.55 Å². The van der Waals surface area contributed by atoms with Gasteiger partial charge in [0, 0.05) is 12.3 Å². The number of pyridine rings is 2. The van der Waals surface area contributed by atoms with E-state index in [2.05, 4.69) is 4.98 Å². The van der Waals surface area contributed by atoms with E-state index in [1.807, 2.05) is 6.07 Å². The van der Waals surface area contributed by atoms with Gasteiger partial charge in [0.25, 0.3) is 5.56 Å². The standard InChI is InChI=1S/C12H11ClN2O2/c13-11-5-4-10(9-14-11)17-8-7-15-6-2-1-3-12(15)16/h1-6,9H,7-8H2. The molecule has 17 heavy (non-hydrogen) atoms. The van der Waals surface area contributed by atoms with E-state index in [1.165, 1.54) is 6.07 Å². The van der Waals surface area contributed by atoms with Crippen molar-refractivity contribution in [2.75, 3.05) is 6.61 Å². The number of ether oxygens (including phenoxy) is 1. The summed E-state index contributed by atoms with van der Waals surface area (Å²) in [5.41, 5.74) is -0.0367. The van der Waals surface area contributed by atoms with Crippen molar-refractivity contribution < 1.29 is 4.74 Å². The molecule has 2 heterocycles. The Morgan fingerprint density at radius 2 is 2.18 bits per heavy atom. The molecular formula is C12H11ClN2O2. The second-order valence-corrected chi connectivity index (χ2v) is 3.78. The Labute approximate surface area is 103 Å². The predicted molar refractivity (Wildman–Crippen MR) is 65.4 cm³/mol. The van der Waals surface area contributed by atoms with Crippen LogP contribution in [0.3, 0.4) is 0 Å². The molecule has 0 N–H and O–H groups in total. The van der Waals surface area contributed by atoms with E-state index in [0.29, 0.717) is 24.1 Å². The molecule has 2 rings (SSSR count). The van der Waals surface area contributed by atoms with Gasteiger partial charge in [0.15, 0.2) is 0 Å². The largest absolute Gasteiger partial charge is 0.490 e. The molecule has 2 aromatic rings. The second-order valence-electron chi connectivity index (χ2n) is 3.40. The number of aromatic nitrogens is 2. The number of hydrogen-bond donors (Lipinski definition) is 0. The molecule has 88 valence electrons. The molecule has 2 aromatic heterocycles. The van der Waals surface area contributed by atoms with Crippen LogP contribution in [0.4, 0.5) is 0 Å². The van der Waals surface area contributed by atoms with Gasteiger partial charge in [-0.2, -0.15) is 0 Å². The molecule has 4 nitrogen and oxygen atoms in total. The van der Waals surface area contributed by atoms with Crippen molar-refractivity contribution in [2.24, 2.45) is 0 Å². The highest BCUT2D eigenvalue weighted by atomic mass is 35.5. The number of hydrogen-bond acceptors (Lipinski definition) is 3. The lowest BCUT2D eigenvalue weighted by Crippen LogP contribution is -2.21. The zero-order valence-corrected chi connectivity index (χ0v) is 9.80. The van der Waals surface area contributed by atoms with E-state index >= 15 is 0 Å². The molecule has 0 spiro atoms. The van der Waals surface area contributed by atoms with E-state index in [9.17, 15) is 4.79 Å². The molecule has 0 aliphatic rings. The summed E-state index contributed by atoms with van der Waals surface area (Å²) in [7, 11) is 0. The van der Waals surface area contributed by atoms with Gasteiger partial charge in [-0.15, -0.1) is 0 Å². The van der Waals surface area contributed by atoms with Crippen molar-refractivity contribution in [3.05, 3.63) is 58.2 Å². The summed E-state index contributed by atoms with van der Waals surface area (Å²) < 4.78 is 7.03. The van der Waals surface area contributed by atoms with Crippen LogP contribution in [0.5, 0.6) is 5.75 Å². The first kappa shape index (κ1) is 11.7. The van der Waals surface area contributed by atoms with Crippen LogP contribution >= 0.6 is 11.6 Å². The molecule has 0 saturated heterocycles. The smallest absolute Gasteiger partial charge is 0.250 e. The highest BCUT2D eigenvalue weighted by Crippen LogP contribution is 2.11. The Bertz CT molecular complexity index is 537. The van der Waals surface area contributed by atoms with E-state index in [1.54, 1.807) is 35.2 Å². The lowest BCUT2D eigenvalue weighted by atomic mass is 10.4. The summed E-state index contributed by atoms with van der Waals surface area (Å²) in [6.07, 6.45) is 3.28. The highest BCUT2D eigenvalue weighted by Gasteiger charge is 1.96. The summed E-state index contributed by atoms with van der Waals surface area (Å²) in [5.74, 6) is 0.637. The third-order valence-corrected chi connectivity index (χ3v) is 2.42. The average molecular weight is 251 g/mol. The Hall–Kier alpha value is -1.81. The summed E-state index contributed by atoms with van der Waals surface area (Å²) >= 11 is 5.65. The van der Waals surface area contributed by atoms with Crippen LogP contribution in [0.1, 0.15) is 0 Å². The maximum atomic E-state index is 11.4. The Balaban J connectivity index is 1.90. The van der Waals surface area contributed by atoms with Crippen LogP contribution < -0.4 is 10.3 Å². The van der Waals surface area contributed by atoms with Gasteiger partial charge in [0.05, 0.1) is 12.7 Å². The third kappa shape index (κ3) is 3.32. The first-order chi connectivity index (χ1) is 8.25. The maximum absolute atomic E-state index is 11.4. The second kappa shape index (κ2) is 5.50. The fourth-order valence-corrected chi connectivity index (χ4v) is 1.47. The van der Waals surface area contributed by atoms with Crippen molar-refractivity contribution in [2.45, 2.75) is 6.54 Å². The molecule has 0 aliphatic carbocycles. The van der Waals surface area contributed by atoms with Crippen LogP contribution in [0.2, 0.25) is 5.15 Å². The molecule has 0 unspecified atom stereocenters. The minimum Gasteiger partial charge on any atom is -0.490 e. The van der Waals surface area contributed by atoms with Crippen molar-refractivity contribution in [3.63, 3.8) is 0 Å². The molecule has 0 radical (unpaired) electrons. The minimum absolute atomic E-state index is 0.0367. The average Bonchev–Trinajstić information content (AvgIpc) is 2.34. The van der Waals surface area contributed by atoms with Gasteiger partial charge in [0.1, 0.15) is 17.5 Å². The normalized spacial score (nSPS) is 10.2. The van der Waals surface area contributed by atoms with Crippen LogP contribution in [-0.2, 0) is 6.54 Å². The molecule has 0 saturated carbocycles. The molecule has 0 amide bonds. The number of rotatable bonds is 4. The summed E-state index contributed by atoms with van der Waals surface area (Å²) in [4.78, 5) is 15.3. The number of nitrogens with zero attached hydrogens (tertiary/aromatic N) is 2. The molecule has 0 aromatic carbocycles. The van der Waals surface area contributed by atoms with Crippen LogP contribution in [0, 0.1) is 0 Å². The van der Waals surface area contributed by atoms with Gasteiger partial charge in [-0.25, -0.2) is 4.98 Å². The first-order valence-corrected chi connectivity index (χ1v) is 5.53. The molecular weight excluding hydrogens is 240 g/mol. The Kier molecular flexibility index (Phi) is 3.77. The van der Waals surface area contributed by atoms with E-state index in [0.717, 1.165) is 0 Å². The van der Waals surface area contributed by atoms with Gasteiger partial charge < -0.3 is 9.30 Å². The monoisotopic (exact) mass is 250 g/mol. The quantitative estimate of drug-likeness (QED) is 0.780. The van der Waals surface area contributed by atoms with E-state index in [4.69, 9.17) is 16.3 Å². The maximum Gasteiger partial charge on any atom is 0.250 e. The zero-order valence-electron chi connectivity index (χ0n) is 9.04. The molecule has 0 aliphatic heterocycles. The highest BCUT2D eigenvalue weighted by molar-refractivity contribution is 6.29. The van der Waals surface area contributed by atoms with Gasteiger partial charge in [-0.1, -0.05) is 17.7 Å². The van der Waals surface area contributed by atoms with Crippen LogP contribution in [0.25, 0.3) is 0 Å². The number of halogens is 1. The molecule has 0 atom stereocenters. The van der Waals surface area contributed by atoms with Crippen LogP contribution in [-0.4, -0.2) is 16.2 Å². The van der Waals surface area contributed by atoms with Crippen molar-refractivity contribution in [3.8, 4) is 5.75 Å². The molecule has 5 heteroatoms. The molecule has 0 fully saturated rings. The van der Waals surface area contributed by atoms with Crippen molar-refractivity contribution >= 4 is 11.6 Å². The van der Waals surface area contributed by atoms with Gasteiger partial charge in [0.2, 0.25) is 0 Å². The lowest BCUT2D eigenvalue weighted by Gasteiger charge is -2.07. The summed E-state index contributed by atoms with van der Waals surface area (Å²) in [6, 6.07) is 8.44. The molecule has 0 bridgehead atoms. The zero-order chi connectivity index (χ0) is 12.1. The van der Waals surface area contributed by atoms with Gasteiger partial charge >= 0.3 is 0 Å². The van der Waals surface area contributed by atoms with E-state index < -0.39 is 0 Å². The minimum atomic E-state index is -0.0367. The van der Waals surface area contributed by atoms with E-state index in [-0.39, 0.29) is 5.56 Å². The lowest BCUT2D eigenvalue weighted by molar-refractivity contribution is 0.295. The SMILES string of the molecule is O=c1ccccn1CCOc1ccc(Cl)nc1. The third-order valence-electron chi connectivity index (χ3n) is 2.20.